The zero-order valence-corrected chi connectivity index (χ0v) is 21.4. The third kappa shape index (κ3) is 5.42. The van der Waals surface area contributed by atoms with Crippen LogP contribution in [0.25, 0.3) is 6.08 Å². The van der Waals surface area contributed by atoms with Gasteiger partial charge in [-0.1, -0.05) is 41.4 Å². The molecule has 0 aliphatic carbocycles. The highest BCUT2D eigenvalue weighted by Crippen LogP contribution is 2.38. The maximum absolute atomic E-state index is 12.6. The summed E-state index contributed by atoms with van der Waals surface area (Å²) in [6, 6.07) is 11.1. The number of amides is 1. The standard InChI is InChI=1S/C23H21ClN4O5S2/c1-4-32-18-11-15(10-17(24)19(18)33-12-14-7-5-13(2)6-8-14)9-16-20(25)28-22(26-21(16)29)34-23(27-28)35(3,30)31/h5-11,25H,4,12H2,1-3H3/b16-9+,25-20?. The second-order valence-corrected chi connectivity index (χ2v) is 11.2. The van der Waals surface area contributed by atoms with E-state index in [9.17, 15) is 13.2 Å². The first kappa shape index (κ1) is 25.0. The van der Waals surface area contributed by atoms with E-state index in [0.29, 0.717) is 23.7 Å². The van der Waals surface area contributed by atoms with Crippen molar-refractivity contribution in [1.82, 2.24) is 5.01 Å². The Morgan fingerprint density at radius 2 is 1.91 bits per heavy atom. The Morgan fingerprint density at radius 1 is 1.20 bits per heavy atom. The number of carbonyl (C=O) groups excluding carboxylic acids is 1. The number of aliphatic imine (C=N–C) groups is 1. The van der Waals surface area contributed by atoms with Gasteiger partial charge in [-0.2, -0.15) is 10.0 Å². The van der Waals surface area contributed by atoms with Crippen molar-refractivity contribution in [1.29, 1.82) is 5.41 Å². The van der Waals surface area contributed by atoms with Gasteiger partial charge in [0.05, 0.1) is 17.2 Å². The summed E-state index contributed by atoms with van der Waals surface area (Å²) in [6.07, 6.45) is 2.43. The number of aryl methyl sites for hydroxylation is 1. The van der Waals surface area contributed by atoms with E-state index in [4.69, 9.17) is 26.5 Å². The number of sulfone groups is 1. The van der Waals surface area contributed by atoms with Crippen molar-refractivity contribution >= 4 is 60.6 Å². The Kier molecular flexibility index (Phi) is 7.02. The second-order valence-electron chi connectivity index (χ2n) is 7.70. The van der Waals surface area contributed by atoms with Gasteiger partial charge in [0.1, 0.15) is 6.61 Å². The summed E-state index contributed by atoms with van der Waals surface area (Å²) in [4.78, 5) is 16.5. The molecule has 4 rings (SSSR count). The van der Waals surface area contributed by atoms with Gasteiger partial charge in [-0.15, -0.1) is 5.10 Å². The molecule has 0 fully saturated rings. The first-order chi connectivity index (χ1) is 16.6. The van der Waals surface area contributed by atoms with Gasteiger partial charge < -0.3 is 9.47 Å². The van der Waals surface area contributed by atoms with Crippen molar-refractivity contribution in [3.63, 3.8) is 0 Å². The van der Waals surface area contributed by atoms with Crippen LogP contribution in [-0.2, 0) is 21.2 Å². The molecule has 2 aliphatic rings. The minimum absolute atomic E-state index is 0.0190. The van der Waals surface area contributed by atoms with Crippen LogP contribution in [0.1, 0.15) is 23.6 Å². The van der Waals surface area contributed by atoms with Crippen LogP contribution in [0.3, 0.4) is 0 Å². The molecule has 0 saturated heterocycles. The molecule has 0 atom stereocenters. The molecule has 35 heavy (non-hydrogen) atoms. The average Bonchev–Trinajstić information content (AvgIpc) is 3.22. The topological polar surface area (TPSA) is 121 Å². The molecule has 1 amide bonds. The molecule has 12 heteroatoms. The molecular formula is C23H21ClN4O5S2. The Bertz CT molecular complexity index is 1420. The molecule has 182 valence electrons. The van der Waals surface area contributed by atoms with Gasteiger partial charge in [-0.25, -0.2) is 8.42 Å². The van der Waals surface area contributed by atoms with Crippen LogP contribution in [0.15, 0.2) is 52.1 Å². The number of benzene rings is 2. The molecule has 9 nitrogen and oxygen atoms in total. The number of thioether (sulfide) groups is 1. The zero-order valence-electron chi connectivity index (χ0n) is 19.0. The molecule has 2 aromatic carbocycles. The van der Waals surface area contributed by atoms with Crippen molar-refractivity contribution in [3.05, 3.63) is 63.7 Å². The fraction of sp³-hybridized carbons (Fsp3) is 0.217. The summed E-state index contributed by atoms with van der Waals surface area (Å²) in [7, 11) is -3.61. The number of ether oxygens (including phenoxy) is 2. The van der Waals surface area contributed by atoms with Crippen LogP contribution in [0.5, 0.6) is 11.5 Å². The van der Waals surface area contributed by atoms with Crippen LogP contribution in [-0.4, -0.2) is 47.6 Å². The number of amidine groups is 2. The summed E-state index contributed by atoms with van der Waals surface area (Å²) >= 11 is 7.23. The number of halogens is 1. The summed E-state index contributed by atoms with van der Waals surface area (Å²) in [5, 5.41) is 13.6. The van der Waals surface area contributed by atoms with E-state index in [-0.39, 0.29) is 32.6 Å². The highest BCUT2D eigenvalue weighted by Gasteiger charge is 2.38. The number of fused-ring (bicyclic) bond motifs is 1. The highest BCUT2D eigenvalue weighted by molar-refractivity contribution is 8.42. The lowest BCUT2D eigenvalue weighted by molar-refractivity contribution is -0.114. The minimum atomic E-state index is -3.61. The van der Waals surface area contributed by atoms with E-state index in [1.807, 2.05) is 38.1 Å². The molecular weight excluding hydrogens is 512 g/mol. The highest BCUT2D eigenvalue weighted by atomic mass is 35.5. The quantitative estimate of drug-likeness (QED) is 0.552. The van der Waals surface area contributed by atoms with Crippen LogP contribution in [0, 0.1) is 12.3 Å². The van der Waals surface area contributed by atoms with Crippen LogP contribution in [0.2, 0.25) is 5.02 Å². The normalized spacial score (nSPS) is 16.8. The lowest BCUT2D eigenvalue weighted by Crippen LogP contribution is -2.35. The number of nitrogens with one attached hydrogen (secondary N) is 1. The van der Waals surface area contributed by atoms with Crippen LogP contribution < -0.4 is 9.47 Å². The molecule has 0 saturated carbocycles. The fourth-order valence-electron chi connectivity index (χ4n) is 3.21. The smallest absolute Gasteiger partial charge is 0.283 e. The van der Waals surface area contributed by atoms with Gasteiger partial charge in [-0.3, -0.25) is 10.2 Å². The van der Waals surface area contributed by atoms with Gasteiger partial charge in [0, 0.05) is 6.26 Å². The van der Waals surface area contributed by atoms with Gasteiger partial charge >= 0.3 is 0 Å². The minimum Gasteiger partial charge on any atom is -0.490 e. The monoisotopic (exact) mass is 532 g/mol. The van der Waals surface area contributed by atoms with E-state index < -0.39 is 15.7 Å². The van der Waals surface area contributed by atoms with Crippen molar-refractivity contribution < 1.29 is 22.7 Å². The van der Waals surface area contributed by atoms with Crippen molar-refractivity contribution in [3.8, 4) is 11.5 Å². The van der Waals surface area contributed by atoms with Crippen LogP contribution >= 0.6 is 23.4 Å². The number of nitrogens with zero attached hydrogens (tertiary/aromatic N) is 3. The Labute approximate surface area is 211 Å². The summed E-state index contributed by atoms with van der Waals surface area (Å²) in [5.41, 5.74) is 2.52. The maximum atomic E-state index is 12.6. The Balaban J connectivity index is 1.64. The number of carbonyl (C=O) groups is 1. The predicted molar refractivity (Wildman–Crippen MR) is 138 cm³/mol. The second kappa shape index (κ2) is 9.84. The molecule has 0 spiro atoms. The molecule has 2 aromatic rings. The number of hydrazone groups is 1. The molecule has 0 bridgehead atoms. The average molecular weight is 533 g/mol. The number of hydrogen-bond acceptors (Lipinski definition) is 8. The summed E-state index contributed by atoms with van der Waals surface area (Å²) < 4.78 is 35.1. The SMILES string of the molecule is CCOc1cc(/C=C2\C(=N)N3N=C(S(C)(=O)=O)SC3=NC2=O)cc(Cl)c1OCc1ccc(C)cc1. The summed E-state index contributed by atoms with van der Waals surface area (Å²) in [5.74, 6) is -0.237. The van der Waals surface area contributed by atoms with Gasteiger partial charge in [0.2, 0.25) is 19.4 Å². The number of hydrogen-bond donors (Lipinski definition) is 1. The third-order valence-electron chi connectivity index (χ3n) is 4.90. The first-order valence-corrected chi connectivity index (χ1v) is 13.5. The zero-order chi connectivity index (χ0) is 25.3. The first-order valence-electron chi connectivity index (χ1n) is 10.4. The summed E-state index contributed by atoms with van der Waals surface area (Å²) in [6.45, 7) is 4.47. The largest absolute Gasteiger partial charge is 0.490 e. The molecule has 0 radical (unpaired) electrons. The van der Waals surface area contributed by atoms with E-state index >= 15 is 0 Å². The van der Waals surface area contributed by atoms with Gasteiger partial charge in [0.15, 0.2) is 17.3 Å². The third-order valence-corrected chi connectivity index (χ3v) is 7.76. The van der Waals surface area contributed by atoms with Crippen molar-refractivity contribution in [2.24, 2.45) is 10.1 Å². The fourth-order valence-corrected chi connectivity index (χ4v) is 5.16. The number of rotatable bonds is 6. The molecule has 1 N–H and O–H groups in total. The van der Waals surface area contributed by atoms with E-state index in [1.165, 1.54) is 6.08 Å². The van der Waals surface area contributed by atoms with E-state index in [1.54, 1.807) is 12.1 Å². The van der Waals surface area contributed by atoms with E-state index in [0.717, 1.165) is 34.2 Å². The Morgan fingerprint density at radius 3 is 2.57 bits per heavy atom. The molecule has 2 heterocycles. The Hall–Kier alpha value is -3.15. The molecule has 2 aliphatic heterocycles. The van der Waals surface area contributed by atoms with Crippen molar-refractivity contribution in [2.75, 3.05) is 12.9 Å². The molecule has 0 unspecified atom stereocenters. The van der Waals surface area contributed by atoms with Crippen LogP contribution in [0.4, 0.5) is 0 Å². The van der Waals surface area contributed by atoms with Gasteiger partial charge in [-0.05, 0) is 54.9 Å². The maximum Gasteiger partial charge on any atom is 0.283 e. The predicted octanol–water partition coefficient (Wildman–Crippen LogP) is 4.25. The van der Waals surface area contributed by atoms with E-state index in [2.05, 4.69) is 10.1 Å². The lowest BCUT2D eigenvalue weighted by Gasteiger charge is -2.20. The molecule has 0 aromatic heterocycles. The lowest BCUT2D eigenvalue weighted by atomic mass is 10.1. The van der Waals surface area contributed by atoms with Gasteiger partial charge in [0.25, 0.3) is 5.91 Å². The van der Waals surface area contributed by atoms with Crippen molar-refractivity contribution in [2.45, 2.75) is 20.5 Å².